The van der Waals surface area contributed by atoms with Gasteiger partial charge in [0, 0.05) is 10.6 Å². The van der Waals surface area contributed by atoms with Crippen LogP contribution in [0.15, 0.2) is 12.1 Å². The lowest BCUT2D eigenvalue weighted by molar-refractivity contribution is -0.0715. The number of halogens is 5. The van der Waals surface area contributed by atoms with E-state index in [0.29, 0.717) is 0 Å². The minimum atomic E-state index is -3.56. The van der Waals surface area contributed by atoms with Crippen molar-refractivity contribution in [3.8, 4) is 5.75 Å². The quantitative estimate of drug-likeness (QED) is 0.804. The lowest BCUT2D eigenvalue weighted by Gasteiger charge is -2.22. The van der Waals surface area contributed by atoms with Crippen LogP contribution < -0.4 is 5.73 Å². The summed E-state index contributed by atoms with van der Waals surface area (Å²) in [6.07, 6.45) is 0. The maximum atomic E-state index is 13.1. The molecule has 0 bridgehead atoms. The first-order valence-electron chi connectivity index (χ1n) is 4.21. The molecular formula is C9H10Cl3F2NO2. The summed E-state index contributed by atoms with van der Waals surface area (Å²) in [7, 11) is 0. The Morgan fingerprint density at radius 3 is 2.35 bits per heavy atom. The van der Waals surface area contributed by atoms with Gasteiger partial charge >= 0.3 is 0 Å². The molecule has 0 fully saturated rings. The van der Waals surface area contributed by atoms with Gasteiger partial charge in [-0.05, 0) is 12.1 Å². The number of phenols is 1. The zero-order chi connectivity index (χ0) is 12.5. The minimum Gasteiger partial charge on any atom is -0.506 e. The fraction of sp³-hybridized carbons (Fsp3) is 0.333. The molecule has 0 aromatic heterocycles. The summed E-state index contributed by atoms with van der Waals surface area (Å²) in [5, 5.41) is 17.8. The number of benzene rings is 1. The van der Waals surface area contributed by atoms with Crippen LogP contribution in [0.25, 0.3) is 0 Å². The largest absolute Gasteiger partial charge is 0.506 e. The normalized spacial score (nSPS) is 13.1. The van der Waals surface area contributed by atoms with Gasteiger partial charge in [-0.15, -0.1) is 12.4 Å². The average molecular weight is 309 g/mol. The minimum absolute atomic E-state index is 0. The highest BCUT2D eigenvalue weighted by molar-refractivity contribution is 6.35. The molecule has 0 aliphatic carbocycles. The van der Waals surface area contributed by atoms with Crippen molar-refractivity contribution >= 4 is 35.6 Å². The number of hydrogen-bond donors (Lipinski definition) is 3. The number of aliphatic hydroxyl groups is 1. The molecule has 0 aliphatic rings. The van der Waals surface area contributed by atoms with Gasteiger partial charge in [-0.3, -0.25) is 0 Å². The van der Waals surface area contributed by atoms with Gasteiger partial charge in [-0.25, -0.2) is 8.78 Å². The Hall–Kier alpha value is -0.330. The molecule has 0 unspecified atom stereocenters. The summed E-state index contributed by atoms with van der Waals surface area (Å²) in [5.41, 5.74) is 4.93. The van der Waals surface area contributed by atoms with Crippen LogP contribution in [-0.4, -0.2) is 22.7 Å². The van der Waals surface area contributed by atoms with E-state index in [1.807, 2.05) is 0 Å². The number of phenolic OH excluding ortho intramolecular Hbond substituents is 1. The molecule has 0 saturated carbocycles. The first-order valence-corrected chi connectivity index (χ1v) is 4.97. The fourth-order valence-corrected chi connectivity index (χ4v) is 1.66. The molecule has 17 heavy (non-hydrogen) atoms. The summed E-state index contributed by atoms with van der Waals surface area (Å²) in [4.78, 5) is 0. The molecule has 0 aliphatic heterocycles. The lowest BCUT2D eigenvalue weighted by atomic mass is 10.0. The van der Waals surface area contributed by atoms with E-state index < -0.39 is 24.3 Å². The van der Waals surface area contributed by atoms with Crippen molar-refractivity contribution in [3.63, 3.8) is 0 Å². The summed E-state index contributed by atoms with van der Waals surface area (Å²) >= 11 is 11.2. The zero-order valence-corrected chi connectivity index (χ0v) is 10.7. The molecule has 3 nitrogen and oxygen atoms in total. The van der Waals surface area contributed by atoms with Crippen molar-refractivity contribution in [2.24, 2.45) is 5.73 Å². The van der Waals surface area contributed by atoms with Crippen molar-refractivity contribution < 1.29 is 19.0 Å². The van der Waals surface area contributed by atoms with Gasteiger partial charge in [-0.2, -0.15) is 0 Å². The van der Waals surface area contributed by atoms with Crippen molar-refractivity contribution in [2.75, 3.05) is 6.61 Å². The Labute approximate surface area is 113 Å². The first-order chi connectivity index (χ1) is 7.29. The topological polar surface area (TPSA) is 66.5 Å². The predicted octanol–water partition coefficient (Wildman–Crippen LogP) is 2.75. The molecule has 1 aromatic rings. The molecule has 98 valence electrons. The highest BCUT2D eigenvalue weighted by Gasteiger charge is 2.39. The van der Waals surface area contributed by atoms with Crippen molar-refractivity contribution in [3.05, 3.63) is 27.7 Å². The highest BCUT2D eigenvalue weighted by atomic mass is 35.5. The summed E-state index contributed by atoms with van der Waals surface area (Å²) in [6.45, 7) is -1.43. The van der Waals surface area contributed by atoms with Crippen molar-refractivity contribution in [2.45, 2.75) is 12.0 Å². The van der Waals surface area contributed by atoms with Gasteiger partial charge < -0.3 is 15.9 Å². The van der Waals surface area contributed by atoms with E-state index >= 15 is 0 Å². The predicted molar refractivity (Wildman–Crippen MR) is 64.3 cm³/mol. The fourth-order valence-electron chi connectivity index (χ4n) is 1.15. The van der Waals surface area contributed by atoms with Crippen LogP contribution in [0.1, 0.15) is 11.6 Å². The van der Waals surface area contributed by atoms with Gasteiger partial charge in [0.1, 0.15) is 18.4 Å². The lowest BCUT2D eigenvalue weighted by Crippen LogP contribution is -2.36. The van der Waals surface area contributed by atoms with Crippen LogP contribution in [0.4, 0.5) is 8.78 Å². The Bertz CT molecular complexity index is 404. The molecule has 1 rings (SSSR count). The summed E-state index contributed by atoms with van der Waals surface area (Å²) in [5.74, 6) is -4.13. The Balaban J connectivity index is 0.00000256. The second kappa shape index (κ2) is 6.02. The SMILES string of the molecule is Cl.N[C@H](c1cc(Cl)cc(Cl)c1O)C(F)(F)CO. The van der Waals surface area contributed by atoms with Crippen LogP contribution in [-0.2, 0) is 0 Å². The number of nitrogens with two attached hydrogens (primary N) is 1. The Morgan fingerprint density at radius 2 is 1.88 bits per heavy atom. The summed E-state index contributed by atoms with van der Waals surface area (Å²) < 4.78 is 26.2. The molecule has 1 aromatic carbocycles. The second-order valence-electron chi connectivity index (χ2n) is 3.22. The number of alkyl halides is 2. The van der Waals surface area contributed by atoms with Gasteiger partial charge in [0.2, 0.25) is 0 Å². The van der Waals surface area contributed by atoms with Crippen LogP contribution in [0, 0.1) is 0 Å². The molecule has 0 radical (unpaired) electrons. The van der Waals surface area contributed by atoms with E-state index in [9.17, 15) is 13.9 Å². The van der Waals surface area contributed by atoms with E-state index in [-0.39, 0.29) is 28.0 Å². The van der Waals surface area contributed by atoms with E-state index in [2.05, 4.69) is 0 Å². The van der Waals surface area contributed by atoms with Crippen LogP contribution in [0.3, 0.4) is 0 Å². The number of rotatable bonds is 3. The van der Waals surface area contributed by atoms with Crippen LogP contribution in [0.5, 0.6) is 5.75 Å². The molecular weight excluding hydrogens is 298 g/mol. The maximum absolute atomic E-state index is 13.1. The standard InChI is InChI=1S/C9H9Cl2F2NO2.ClH/c10-4-1-5(7(16)6(11)2-4)8(14)9(12,13)3-15;/h1-2,8,15-16H,3,14H2;1H/t8-;/m1./s1. The van der Waals surface area contributed by atoms with Crippen LogP contribution in [0.2, 0.25) is 10.0 Å². The molecule has 8 heteroatoms. The van der Waals surface area contributed by atoms with Gasteiger partial charge in [-0.1, -0.05) is 23.2 Å². The van der Waals surface area contributed by atoms with Gasteiger partial charge in [0.05, 0.1) is 5.02 Å². The smallest absolute Gasteiger partial charge is 0.289 e. The van der Waals surface area contributed by atoms with Crippen molar-refractivity contribution in [1.82, 2.24) is 0 Å². The maximum Gasteiger partial charge on any atom is 0.289 e. The zero-order valence-electron chi connectivity index (χ0n) is 8.33. The Morgan fingerprint density at radius 1 is 1.35 bits per heavy atom. The number of aromatic hydroxyl groups is 1. The van der Waals surface area contributed by atoms with Gasteiger partial charge in [0.15, 0.2) is 0 Å². The van der Waals surface area contributed by atoms with Gasteiger partial charge in [0.25, 0.3) is 5.92 Å². The first kappa shape index (κ1) is 16.7. The van der Waals surface area contributed by atoms with E-state index in [0.717, 1.165) is 6.07 Å². The second-order valence-corrected chi connectivity index (χ2v) is 4.07. The van der Waals surface area contributed by atoms with Crippen molar-refractivity contribution in [1.29, 1.82) is 0 Å². The Kier molecular flexibility index (Phi) is 5.90. The number of aliphatic hydroxyl groups excluding tert-OH is 1. The molecule has 0 amide bonds. The van der Waals surface area contributed by atoms with E-state index in [4.69, 9.17) is 34.0 Å². The molecule has 0 heterocycles. The molecule has 1 atom stereocenters. The molecule has 4 N–H and O–H groups in total. The van der Waals surface area contributed by atoms with E-state index in [1.165, 1.54) is 6.07 Å². The number of hydrogen-bond acceptors (Lipinski definition) is 3. The third-order valence-corrected chi connectivity index (χ3v) is 2.56. The monoisotopic (exact) mass is 307 g/mol. The third-order valence-electron chi connectivity index (χ3n) is 2.06. The molecule has 0 spiro atoms. The highest BCUT2D eigenvalue weighted by Crippen LogP contribution is 2.39. The third kappa shape index (κ3) is 3.56. The van der Waals surface area contributed by atoms with E-state index in [1.54, 1.807) is 0 Å². The average Bonchev–Trinajstić information content (AvgIpc) is 2.22. The summed E-state index contributed by atoms with van der Waals surface area (Å²) in [6, 6.07) is 0.400. The molecule has 0 saturated heterocycles. The van der Waals surface area contributed by atoms with Crippen LogP contribution >= 0.6 is 35.6 Å².